The van der Waals surface area contributed by atoms with Crippen LogP contribution in [-0.2, 0) is 0 Å². The van der Waals surface area contributed by atoms with E-state index in [1.807, 2.05) is 9.80 Å². The van der Waals surface area contributed by atoms with Crippen molar-refractivity contribution in [1.29, 1.82) is 0 Å². The molecule has 3 heterocycles. The number of ether oxygens (including phenoxy) is 1. The maximum absolute atomic E-state index is 12.1. The molecule has 0 saturated carbocycles. The summed E-state index contributed by atoms with van der Waals surface area (Å²) in [6.45, 7) is 2.62. The molecule has 0 atom stereocenters. The summed E-state index contributed by atoms with van der Waals surface area (Å²) in [6.07, 6.45) is -2.12. The van der Waals surface area contributed by atoms with Crippen LogP contribution in [0.1, 0.15) is 0 Å². The third kappa shape index (κ3) is 3.98. The predicted molar refractivity (Wildman–Crippen MR) is 81.2 cm³/mol. The highest BCUT2D eigenvalue weighted by molar-refractivity contribution is 5.47. The molecule has 128 valence electrons. The highest BCUT2D eigenvalue weighted by Crippen LogP contribution is 2.24. The Morgan fingerprint density at radius 2 is 1.62 bits per heavy atom. The van der Waals surface area contributed by atoms with Gasteiger partial charge in [-0.25, -0.2) is 9.97 Å². The van der Waals surface area contributed by atoms with Gasteiger partial charge in [0.15, 0.2) is 0 Å². The van der Waals surface area contributed by atoms with E-state index in [2.05, 4.69) is 14.7 Å². The number of pyridine rings is 2. The largest absolute Gasteiger partial charge is 0.573 e. The standard InChI is InChI=1S/C15H15F3N4O2/c16-15(17,18)24-12-1-2-13(20-10-12)21-5-7-22(8-6-21)14-9-11(23)3-4-19-14/h1-4,9-10H,5-8H2,(H,19,23). The van der Waals surface area contributed by atoms with Gasteiger partial charge in [-0.05, 0) is 18.2 Å². The van der Waals surface area contributed by atoms with Crippen molar-refractivity contribution in [1.82, 2.24) is 9.97 Å². The van der Waals surface area contributed by atoms with Crippen molar-refractivity contribution in [3.8, 4) is 11.5 Å². The van der Waals surface area contributed by atoms with Gasteiger partial charge in [0.05, 0.1) is 6.20 Å². The Morgan fingerprint density at radius 1 is 0.958 bits per heavy atom. The van der Waals surface area contributed by atoms with Crippen molar-refractivity contribution in [3.63, 3.8) is 0 Å². The first-order chi connectivity index (χ1) is 11.4. The Hall–Kier alpha value is -2.71. The Bertz CT molecular complexity index is 686. The minimum Gasteiger partial charge on any atom is -0.508 e. The molecule has 24 heavy (non-hydrogen) atoms. The number of alkyl halides is 3. The van der Waals surface area contributed by atoms with Gasteiger partial charge in [0.2, 0.25) is 0 Å². The normalized spacial score (nSPS) is 15.5. The SMILES string of the molecule is Oc1ccnc(N2CCN(c3ccc(OC(F)(F)F)cn3)CC2)c1. The second kappa shape index (κ2) is 6.42. The molecule has 2 aromatic rings. The van der Waals surface area contributed by atoms with Crippen molar-refractivity contribution in [3.05, 3.63) is 36.7 Å². The monoisotopic (exact) mass is 340 g/mol. The van der Waals surface area contributed by atoms with Crippen molar-refractivity contribution in [2.24, 2.45) is 0 Å². The van der Waals surface area contributed by atoms with Crippen LogP contribution >= 0.6 is 0 Å². The number of anilines is 2. The van der Waals surface area contributed by atoms with Crippen LogP contribution in [0.2, 0.25) is 0 Å². The van der Waals surface area contributed by atoms with Gasteiger partial charge in [-0.3, -0.25) is 0 Å². The van der Waals surface area contributed by atoms with Crippen LogP contribution in [0.3, 0.4) is 0 Å². The summed E-state index contributed by atoms with van der Waals surface area (Å²) in [5.41, 5.74) is 0. The van der Waals surface area contributed by atoms with Crippen molar-refractivity contribution >= 4 is 11.6 Å². The van der Waals surface area contributed by atoms with Crippen LogP contribution in [-0.4, -0.2) is 47.6 Å². The Labute approximate surface area is 136 Å². The lowest BCUT2D eigenvalue weighted by Crippen LogP contribution is -2.47. The van der Waals surface area contributed by atoms with Gasteiger partial charge in [-0.2, -0.15) is 0 Å². The zero-order valence-corrected chi connectivity index (χ0v) is 12.6. The smallest absolute Gasteiger partial charge is 0.508 e. The van der Waals surface area contributed by atoms with E-state index in [4.69, 9.17) is 0 Å². The molecule has 0 aliphatic carbocycles. The Balaban J connectivity index is 1.60. The van der Waals surface area contributed by atoms with Gasteiger partial charge in [0, 0.05) is 38.4 Å². The van der Waals surface area contributed by atoms with Crippen molar-refractivity contribution in [2.45, 2.75) is 6.36 Å². The van der Waals surface area contributed by atoms with Gasteiger partial charge < -0.3 is 19.6 Å². The maximum atomic E-state index is 12.1. The summed E-state index contributed by atoms with van der Waals surface area (Å²) < 4.78 is 40.2. The maximum Gasteiger partial charge on any atom is 0.573 e. The summed E-state index contributed by atoms with van der Waals surface area (Å²) in [6, 6.07) is 5.85. The van der Waals surface area contributed by atoms with Gasteiger partial charge in [0.1, 0.15) is 23.1 Å². The predicted octanol–water partition coefficient (Wildman–Crippen LogP) is 2.41. The van der Waals surface area contributed by atoms with Crippen molar-refractivity contribution < 1.29 is 23.0 Å². The number of hydrogen-bond acceptors (Lipinski definition) is 6. The van der Waals surface area contributed by atoms with Gasteiger partial charge >= 0.3 is 6.36 Å². The lowest BCUT2D eigenvalue weighted by Gasteiger charge is -2.36. The Morgan fingerprint density at radius 3 is 2.17 bits per heavy atom. The molecule has 1 saturated heterocycles. The first-order valence-corrected chi connectivity index (χ1v) is 7.27. The van der Waals surface area contributed by atoms with Crippen LogP contribution in [0, 0.1) is 0 Å². The summed E-state index contributed by atoms with van der Waals surface area (Å²) in [5, 5.41) is 9.50. The molecule has 6 nitrogen and oxygen atoms in total. The summed E-state index contributed by atoms with van der Waals surface area (Å²) in [4.78, 5) is 12.2. The van der Waals surface area contributed by atoms with E-state index in [1.54, 1.807) is 6.07 Å². The minimum atomic E-state index is -4.72. The molecule has 9 heteroatoms. The number of aromatic nitrogens is 2. The average molecular weight is 340 g/mol. The molecule has 0 amide bonds. The molecule has 1 aliphatic heterocycles. The number of nitrogens with zero attached hydrogens (tertiary/aromatic N) is 4. The molecule has 3 rings (SSSR count). The summed E-state index contributed by atoms with van der Waals surface area (Å²) in [5.74, 6) is 1.10. The zero-order valence-electron chi connectivity index (χ0n) is 12.6. The number of aromatic hydroxyl groups is 1. The minimum absolute atomic E-state index is 0.157. The molecule has 1 fully saturated rings. The van der Waals surface area contributed by atoms with E-state index in [0.29, 0.717) is 37.8 Å². The fourth-order valence-corrected chi connectivity index (χ4v) is 2.50. The van der Waals surface area contributed by atoms with Crippen LogP contribution in [0.5, 0.6) is 11.5 Å². The van der Waals surface area contributed by atoms with E-state index in [0.717, 1.165) is 6.20 Å². The van der Waals surface area contributed by atoms with E-state index in [9.17, 15) is 18.3 Å². The van der Waals surface area contributed by atoms with Crippen LogP contribution in [0.15, 0.2) is 36.7 Å². The number of halogens is 3. The third-order valence-corrected chi connectivity index (χ3v) is 3.61. The fourth-order valence-electron chi connectivity index (χ4n) is 2.50. The molecule has 0 unspecified atom stereocenters. The van der Waals surface area contributed by atoms with Crippen LogP contribution in [0.25, 0.3) is 0 Å². The zero-order chi connectivity index (χ0) is 17.2. The first kappa shape index (κ1) is 16.2. The molecular formula is C15H15F3N4O2. The summed E-state index contributed by atoms with van der Waals surface area (Å²) >= 11 is 0. The fraction of sp³-hybridized carbons (Fsp3) is 0.333. The lowest BCUT2D eigenvalue weighted by atomic mass is 10.3. The number of hydrogen-bond donors (Lipinski definition) is 1. The molecule has 2 aromatic heterocycles. The number of rotatable bonds is 3. The highest BCUT2D eigenvalue weighted by Gasteiger charge is 2.31. The molecule has 0 aromatic carbocycles. The van der Waals surface area contributed by atoms with Gasteiger partial charge in [0.25, 0.3) is 0 Å². The lowest BCUT2D eigenvalue weighted by molar-refractivity contribution is -0.274. The molecular weight excluding hydrogens is 325 g/mol. The molecule has 0 spiro atoms. The molecule has 0 bridgehead atoms. The highest BCUT2D eigenvalue weighted by atomic mass is 19.4. The topological polar surface area (TPSA) is 61.7 Å². The van der Waals surface area contributed by atoms with Crippen LogP contribution < -0.4 is 14.5 Å². The summed E-state index contributed by atoms with van der Waals surface area (Å²) in [7, 11) is 0. The quantitative estimate of drug-likeness (QED) is 0.926. The second-order valence-corrected chi connectivity index (χ2v) is 5.25. The van der Waals surface area contributed by atoms with E-state index >= 15 is 0 Å². The van der Waals surface area contributed by atoms with Crippen LogP contribution in [0.4, 0.5) is 24.8 Å². The van der Waals surface area contributed by atoms with Gasteiger partial charge in [-0.15, -0.1) is 13.2 Å². The first-order valence-electron chi connectivity index (χ1n) is 7.27. The van der Waals surface area contributed by atoms with Gasteiger partial charge in [-0.1, -0.05) is 0 Å². The average Bonchev–Trinajstić information content (AvgIpc) is 2.54. The molecule has 1 aliphatic rings. The van der Waals surface area contributed by atoms with E-state index in [-0.39, 0.29) is 11.5 Å². The van der Waals surface area contributed by atoms with Crippen molar-refractivity contribution in [2.75, 3.05) is 36.0 Å². The molecule has 1 N–H and O–H groups in total. The second-order valence-electron chi connectivity index (χ2n) is 5.25. The number of piperazine rings is 1. The Kier molecular flexibility index (Phi) is 4.32. The molecule has 0 radical (unpaired) electrons. The van der Waals surface area contributed by atoms with E-state index < -0.39 is 6.36 Å². The van der Waals surface area contributed by atoms with E-state index in [1.165, 1.54) is 24.4 Å². The third-order valence-electron chi connectivity index (χ3n) is 3.61.